The second-order valence-electron chi connectivity index (χ2n) is 3.95. The first-order valence-corrected chi connectivity index (χ1v) is 6.23. The first kappa shape index (κ1) is 12.8. The van der Waals surface area contributed by atoms with Gasteiger partial charge in [-0.15, -0.1) is 0 Å². The average molecular weight is 309 g/mol. The Balaban J connectivity index is 2.24. The van der Waals surface area contributed by atoms with Gasteiger partial charge < -0.3 is 9.30 Å². The van der Waals surface area contributed by atoms with Crippen LogP contribution in [-0.2, 0) is 13.5 Å². The molecule has 94 valence electrons. The van der Waals surface area contributed by atoms with Crippen LogP contribution in [0.4, 0.5) is 0 Å². The summed E-state index contributed by atoms with van der Waals surface area (Å²) in [6.07, 6.45) is 3.52. The lowest BCUT2D eigenvalue weighted by Crippen LogP contribution is -2.08. The number of Topliss-reactive ketones (excluding diaryl/α,β-unsaturated/α-hetero) is 1. The molecule has 0 saturated carbocycles. The van der Waals surface area contributed by atoms with E-state index in [4.69, 9.17) is 4.74 Å². The number of ether oxygens (including phenoxy) is 1. The van der Waals surface area contributed by atoms with Gasteiger partial charge in [0.1, 0.15) is 11.4 Å². The van der Waals surface area contributed by atoms with Crippen molar-refractivity contribution in [2.45, 2.75) is 6.42 Å². The maximum absolute atomic E-state index is 12.1. The number of carbonyl (C=O) groups excluding carboxylic acids is 1. The summed E-state index contributed by atoms with van der Waals surface area (Å²) in [6.45, 7) is 0. The Morgan fingerprint density at radius 1 is 1.50 bits per heavy atom. The molecule has 2 aromatic rings. The number of benzene rings is 1. The lowest BCUT2D eigenvalue weighted by atomic mass is 10.1. The quantitative estimate of drug-likeness (QED) is 0.816. The van der Waals surface area contributed by atoms with E-state index >= 15 is 0 Å². The van der Waals surface area contributed by atoms with Crippen LogP contribution in [0, 0.1) is 0 Å². The van der Waals surface area contributed by atoms with Crippen LogP contribution in [0.2, 0.25) is 0 Å². The van der Waals surface area contributed by atoms with Crippen LogP contribution in [0.1, 0.15) is 16.1 Å². The SMILES string of the molecule is COc1ccc(Br)c(CC(=O)c2cncn2C)c1. The normalized spacial score (nSPS) is 10.4. The molecule has 0 aliphatic rings. The van der Waals surface area contributed by atoms with Crippen molar-refractivity contribution in [3.05, 3.63) is 46.5 Å². The number of carbonyl (C=O) groups is 1. The Kier molecular flexibility index (Phi) is 3.81. The summed E-state index contributed by atoms with van der Waals surface area (Å²) in [5.41, 5.74) is 1.50. The minimum Gasteiger partial charge on any atom is -0.497 e. The lowest BCUT2D eigenvalue weighted by Gasteiger charge is -2.07. The number of ketones is 1. The largest absolute Gasteiger partial charge is 0.497 e. The average Bonchev–Trinajstić information content (AvgIpc) is 2.78. The molecule has 0 N–H and O–H groups in total. The van der Waals surface area contributed by atoms with Crippen LogP contribution >= 0.6 is 15.9 Å². The predicted octanol–water partition coefficient (Wildman–Crippen LogP) is 2.62. The van der Waals surface area contributed by atoms with Crippen LogP contribution in [0.5, 0.6) is 5.75 Å². The molecule has 1 heterocycles. The summed E-state index contributed by atoms with van der Waals surface area (Å²) >= 11 is 3.44. The van der Waals surface area contributed by atoms with Crippen molar-refractivity contribution in [1.82, 2.24) is 9.55 Å². The maximum atomic E-state index is 12.1. The second-order valence-corrected chi connectivity index (χ2v) is 4.80. The molecule has 1 aromatic carbocycles. The highest BCUT2D eigenvalue weighted by Gasteiger charge is 2.13. The second kappa shape index (κ2) is 5.35. The molecule has 0 amide bonds. The van der Waals surface area contributed by atoms with E-state index < -0.39 is 0 Å². The Bertz CT molecular complexity index is 578. The molecule has 0 bridgehead atoms. The van der Waals surface area contributed by atoms with Gasteiger partial charge in [-0.1, -0.05) is 15.9 Å². The fraction of sp³-hybridized carbons (Fsp3) is 0.231. The molecule has 0 fully saturated rings. The predicted molar refractivity (Wildman–Crippen MR) is 71.9 cm³/mol. The van der Waals surface area contributed by atoms with Crippen molar-refractivity contribution in [3.8, 4) is 5.75 Å². The smallest absolute Gasteiger partial charge is 0.185 e. The van der Waals surface area contributed by atoms with Gasteiger partial charge in [-0.25, -0.2) is 4.98 Å². The van der Waals surface area contributed by atoms with Crippen LogP contribution in [0.3, 0.4) is 0 Å². The first-order chi connectivity index (χ1) is 8.61. The minimum atomic E-state index is 0.0314. The molecule has 0 aliphatic carbocycles. The third-order valence-corrected chi connectivity index (χ3v) is 3.48. The topological polar surface area (TPSA) is 44.1 Å². The van der Waals surface area contributed by atoms with Crippen LogP contribution in [0.15, 0.2) is 35.2 Å². The van der Waals surface area contributed by atoms with E-state index in [0.717, 1.165) is 15.8 Å². The van der Waals surface area contributed by atoms with Gasteiger partial charge in [0.15, 0.2) is 5.78 Å². The molecule has 0 spiro atoms. The van der Waals surface area contributed by atoms with Gasteiger partial charge in [0.25, 0.3) is 0 Å². The Labute approximate surface area is 114 Å². The van der Waals surface area contributed by atoms with E-state index in [2.05, 4.69) is 20.9 Å². The van der Waals surface area contributed by atoms with Crippen molar-refractivity contribution < 1.29 is 9.53 Å². The fourth-order valence-corrected chi connectivity index (χ4v) is 2.09. The van der Waals surface area contributed by atoms with Crippen LogP contribution in [0.25, 0.3) is 0 Å². The van der Waals surface area contributed by atoms with Crippen molar-refractivity contribution >= 4 is 21.7 Å². The highest BCUT2D eigenvalue weighted by Crippen LogP contribution is 2.23. The molecule has 1 aromatic heterocycles. The number of rotatable bonds is 4. The molecular weight excluding hydrogens is 296 g/mol. The molecule has 5 heteroatoms. The highest BCUT2D eigenvalue weighted by molar-refractivity contribution is 9.10. The zero-order valence-corrected chi connectivity index (χ0v) is 11.8. The van der Waals surface area contributed by atoms with Gasteiger partial charge in [0.05, 0.1) is 19.6 Å². The molecule has 0 aliphatic heterocycles. The molecule has 0 saturated heterocycles. The van der Waals surface area contributed by atoms with Gasteiger partial charge in [-0.2, -0.15) is 0 Å². The van der Waals surface area contributed by atoms with Crippen molar-refractivity contribution in [2.75, 3.05) is 7.11 Å². The molecule has 0 atom stereocenters. The highest BCUT2D eigenvalue weighted by atomic mass is 79.9. The number of hydrogen-bond acceptors (Lipinski definition) is 3. The number of nitrogens with zero attached hydrogens (tertiary/aromatic N) is 2. The number of methoxy groups -OCH3 is 1. The van der Waals surface area contributed by atoms with Crippen molar-refractivity contribution in [3.63, 3.8) is 0 Å². The number of imidazole rings is 1. The molecule has 0 unspecified atom stereocenters. The Morgan fingerprint density at radius 3 is 2.89 bits per heavy atom. The van der Waals surface area contributed by atoms with Gasteiger partial charge in [-0.05, 0) is 23.8 Å². The van der Waals surface area contributed by atoms with E-state index in [0.29, 0.717) is 12.1 Å². The first-order valence-electron chi connectivity index (χ1n) is 5.43. The van der Waals surface area contributed by atoms with Gasteiger partial charge in [-0.3, -0.25) is 4.79 Å². The number of hydrogen-bond donors (Lipinski definition) is 0. The van der Waals surface area contributed by atoms with E-state index in [1.54, 1.807) is 31.2 Å². The molecule has 2 rings (SSSR count). The summed E-state index contributed by atoms with van der Waals surface area (Å²) in [5, 5.41) is 0. The summed E-state index contributed by atoms with van der Waals surface area (Å²) in [6, 6.07) is 5.59. The summed E-state index contributed by atoms with van der Waals surface area (Å²) < 4.78 is 7.78. The van der Waals surface area contributed by atoms with E-state index in [9.17, 15) is 4.79 Å². The molecule has 18 heavy (non-hydrogen) atoms. The van der Waals surface area contributed by atoms with Crippen molar-refractivity contribution in [2.24, 2.45) is 7.05 Å². The van der Waals surface area contributed by atoms with E-state index in [1.165, 1.54) is 0 Å². The third-order valence-electron chi connectivity index (χ3n) is 2.71. The summed E-state index contributed by atoms with van der Waals surface area (Å²) in [5.74, 6) is 0.773. The minimum absolute atomic E-state index is 0.0314. The zero-order valence-electron chi connectivity index (χ0n) is 10.2. The van der Waals surface area contributed by atoms with Gasteiger partial charge >= 0.3 is 0 Å². The van der Waals surface area contributed by atoms with Gasteiger partial charge in [0.2, 0.25) is 0 Å². The zero-order chi connectivity index (χ0) is 13.1. The van der Waals surface area contributed by atoms with E-state index in [1.807, 2.05) is 18.2 Å². The number of aromatic nitrogens is 2. The molecule has 0 radical (unpaired) electrons. The fourth-order valence-electron chi connectivity index (χ4n) is 1.70. The van der Waals surface area contributed by atoms with Crippen LogP contribution in [-0.4, -0.2) is 22.4 Å². The van der Waals surface area contributed by atoms with Crippen molar-refractivity contribution in [1.29, 1.82) is 0 Å². The standard InChI is InChI=1S/C13H13BrN2O2/c1-16-8-15-7-12(16)13(17)6-9-5-10(18-2)3-4-11(9)14/h3-5,7-8H,6H2,1-2H3. The lowest BCUT2D eigenvalue weighted by molar-refractivity contribution is 0.0985. The Morgan fingerprint density at radius 2 is 2.28 bits per heavy atom. The third kappa shape index (κ3) is 2.61. The van der Waals surface area contributed by atoms with Crippen LogP contribution < -0.4 is 4.74 Å². The monoisotopic (exact) mass is 308 g/mol. The van der Waals surface area contributed by atoms with E-state index in [-0.39, 0.29) is 5.78 Å². The molecular formula is C13H13BrN2O2. The maximum Gasteiger partial charge on any atom is 0.185 e. The summed E-state index contributed by atoms with van der Waals surface area (Å²) in [7, 11) is 3.41. The number of aryl methyl sites for hydroxylation is 1. The number of halogens is 1. The van der Waals surface area contributed by atoms with Gasteiger partial charge in [0, 0.05) is 17.9 Å². The molecule has 4 nitrogen and oxygen atoms in total. The Hall–Kier alpha value is -1.62. The summed E-state index contributed by atoms with van der Waals surface area (Å²) in [4.78, 5) is 16.1.